The van der Waals surface area contributed by atoms with Crippen molar-refractivity contribution in [3.8, 4) is 0 Å². The first-order valence-electron chi connectivity index (χ1n) is 6.76. The Labute approximate surface area is 121 Å². The Kier molecular flexibility index (Phi) is 2.44. The maximum atomic E-state index is 12.4. The van der Waals surface area contributed by atoms with Crippen molar-refractivity contribution in [2.24, 2.45) is 0 Å². The van der Waals surface area contributed by atoms with E-state index >= 15 is 0 Å². The number of carbonyl (C=O) groups is 1. The summed E-state index contributed by atoms with van der Waals surface area (Å²) in [7, 11) is 1.81. The fourth-order valence-corrected chi connectivity index (χ4v) is 2.75. The Morgan fingerprint density at radius 1 is 1.19 bits per heavy atom. The number of hydrogen-bond donors (Lipinski definition) is 1. The molecule has 2 aromatic carbocycles. The van der Waals surface area contributed by atoms with E-state index in [1.807, 2.05) is 48.5 Å². The Balaban J connectivity index is 1.87. The first-order valence-corrected chi connectivity index (χ1v) is 6.76. The fraction of sp³-hybridized carbons (Fsp3) is 0.0588. The van der Waals surface area contributed by atoms with Crippen molar-refractivity contribution in [1.82, 2.24) is 10.2 Å². The summed E-state index contributed by atoms with van der Waals surface area (Å²) in [4.78, 5) is 14.1. The van der Waals surface area contributed by atoms with Gasteiger partial charge in [0.05, 0.1) is 17.4 Å². The van der Waals surface area contributed by atoms with Crippen LogP contribution in [0.25, 0.3) is 22.6 Å². The Morgan fingerprint density at radius 3 is 2.95 bits per heavy atom. The van der Waals surface area contributed by atoms with E-state index in [2.05, 4.69) is 10.2 Å². The lowest BCUT2D eigenvalue weighted by molar-refractivity contribution is -0.112. The van der Waals surface area contributed by atoms with Gasteiger partial charge in [-0.05, 0) is 23.8 Å². The second-order valence-electron chi connectivity index (χ2n) is 5.16. The first-order chi connectivity index (χ1) is 10.2. The molecule has 2 heterocycles. The molecule has 1 N–H and O–H groups in total. The summed E-state index contributed by atoms with van der Waals surface area (Å²) >= 11 is 0. The number of anilines is 1. The van der Waals surface area contributed by atoms with Gasteiger partial charge in [0.2, 0.25) is 0 Å². The molecular formula is C17H13N3O. The second kappa shape index (κ2) is 4.31. The third-order valence-corrected chi connectivity index (χ3v) is 3.87. The molecule has 1 aliphatic rings. The molecule has 0 aliphatic carbocycles. The highest BCUT2D eigenvalue weighted by Crippen LogP contribution is 2.36. The minimum atomic E-state index is 0.0286. The third-order valence-electron chi connectivity index (χ3n) is 3.87. The predicted octanol–water partition coefficient (Wildman–Crippen LogP) is 3.08. The van der Waals surface area contributed by atoms with Crippen LogP contribution in [0.1, 0.15) is 11.1 Å². The molecule has 0 saturated heterocycles. The highest BCUT2D eigenvalue weighted by atomic mass is 16.2. The Hall–Kier alpha value is -2.88. The van der Waals surface area contributed by atoms with Crippen molar-refractivity contribution in [1.29, 1.82) is 0 Å². The SMILES string of the molecule is CN1C(=O)C(=Cc2ccc3cn[nH]c3c2)c2ccccc21. The molecule has 0 atom stereocenters. The van der Waals surface area contributed by atoms with Crippen molar-refractivity contribution >= 4 is 34.1 Å². The van der Waals surface area contributed by atoms with Crippen LogP contribution < -0.4 is 4.90 Å². The fourth-order valence-electron chi connectivity index (χ4n) is 2.75. The van der Waals surface area contributed by atoms with E-state index in [4.69, 9.17) is 0 Å². The number of fused-ring (bicyclic) bond motifs is 2. The third kappa shape index (κ3) is 1.76. The number of nitrogens with one attached hydrogen (secondary N) is 1. The average Bonchev–Trinajstić information content (AvgIpc) is 3.06. The van der Waals surface area contributed by atoms with Gasteiger partial charge in [-0.2, -0.15) is 5.10 Å². The minimum absolute atomic E-state index is 0.0286. The number of benzene rings is 2. The van der Waals surface area contributed by atoms with E-state index in [0.717, 1.165) is 33.3 Å². The number of aromatic amines is 1. The van der Waals surface area contributed by atoms with E-state index in [1.54, 1.807) is 18.1 Å². The van der Waals surface area contributed by atoms with Crippen LogP contribution in [0.5, 0.6) is 0 Å². The lowest BCUT2D eigenvalue weighted by Gasteiger charge is -2.07. The van der Waals surface area contributed by atoms with Crippen LogP contribution >= 0.6 is 0 Å². The van der Waals surface area contributed by atoms with Gasteiger partial charge in [0.1, 0.15) is 0 Å². The lowest BCUT2D eigenvalue weighted by atomic mass is 10.0. The second-order valence-corrected chi connectivity index (χ2v) is 5.16. The summed E-state index contributed by atoms with van der Waals surface area (Å²) in [6.45, 7) is 0. The van der Waals surface area contributed by atoms with Crippen LogP contribution in [0.3, 0.4) is 0 Å². The largest absolute Gasteiger partial charge is 0.311 e. The number of rotatable bonds is 1. The zero-order valence-electron chi connectivity index (χ0n) is 11.5. The molecule has 4 heteroatoms. The summed E-state index contributed by atoms with van der Waals surface area (Å²) in [6, 6.07) is 13.9. The quantitative estimate of drug-likeness (QED) is 0.694. The number of aromatic nitrogens is 2. The highest BCUT2D eigenvalue weighted by Gasteiger charge is 2.28. The van der Waals surface area contributed by atoms with Crippen LogP contribution in [0.15, 0.2) is 48.7 Å². The summed E-state index contributed by atoms with van der Waals surface area (Å²) < 4.78 is 0. The highest BCUT2D eigenvalue weighted by molar-refractivity contribution is 6.35. The average molecular weight is 275 g/mol. The van der Waals surface area contributed by atoms with E-state index in [0.29, 0.717) is 0 Å². The van der Waals surface area contributed by atoms with Crippen molar-refractivity contribution < 1.29 is 4.79 Å². The van der Waals surface area contributed by atoms with E-state index in [9.17, 15) is 4.79 Å². The van der Waals surface area contributed by atoms with Gasteiger partial charge in [-0.15, -0.1) is 0 Å². The van der Waals surface area contributed by atoms with Crippen molar-refractivity contribution in [2.75, 3.05) is 11.9 Å². The summed E-state index contributed by atoms with van der Waals surface area (Å²) in [5.41, 5.74) is 4.62. The number of nitrogens with zero attached hydrogens (tertiary/aromatic N) is 2. The van der Waals surface area contributed by atoms with Crippen molar-refractivity contribution in [3.63, 3.8) is 0 Å². The van der Waals surface area contributed by atoms with Crippen LogP contribution in [-0.4, -0.2) is 23.2 Å². The predicted molar refractivity (Wildman–Crippen MR) is 83.8 cm³/mol. The van der Waals surface area contributed by atoms with Gasteiger partial charge in [0.25, 0.3) is 5.91 Å². The number of amides is 1. The molecule has 0 bridgehead atoms. The van der Waals surface area contributed by atoms with Crippen molar-refractivity contribution in [2.45, 2.75) is 0 Å². The van der Waals surface area contributed by atoms with Crippen LogP contribution in [0.4, 0.5) is 5.69 Å². The molecule has 1 aliphatic heterocycles. The Morgan fingerprint density at radius 2 is 2.05 bits per heavy atom. The number of H-pyrrole nitrogens is 1. The summed E-state index contributed by atoms with van der Waals surface area (Å²) in [5.74, 6) is 0.0286. The molecule has 0 radical (unpaired) electrons. The van der Waals surface area contributed by atoms with Gasteiger partial charge in [-0.3, -0.25) is 9.89 Å². The molecule has 0 unspecified atom stereocenters. The molecule has 0 saturated carbocycles. The smallest absolute Gasteiger partial charge is 0.258 e. The molecule has 4 nitrogen and oxygen atoms in total. The van der Waals surface area contributed by atoms with Gasteiger partial charge in [0, 0.05) is 23.6 Å². The monoisotopic (exact) mass is 275 g/mol. The number of hydrogen-bond acceptors (Lipinski definition) is 2. The van der Waals surface area contributed by atoms with Gasteiger partial charge < -0.3 is 4.90 Å². The standard InChI is InChI=1S/C17H13N3O/c1-20-16-5-3-2-4-13(16)14(17(20)21)8-11-6-7-12-10-18-19-15(12)9-11/h2-10H,1H3,(H,18,19). The van der Waals surface area contributed by atoms with Crippen LogP contribution in [0.2, 0.25) is 0 Å². The number of likely N-dealkylation sites (N-methyl/N-ethyl adjacent to an activating group) is 1. The maximum absolute atomic E-state index is 12.4. The molecule has 0 spiro atoms. The normalized spacial score (nSPS) is 16.0. The summed E-state index contributed by atoms with van der Waals surface area (Å²) in [6.07, 6.45) is 3.72. The Bertz CT molecular complexity index is 892. The lowest BCUT2D eigenvalue weighted by Crippen LogP contribution is -2.20. The maximum Gasteiger partial charge on any atom is 0.258 e. The zero-order chi connectivity index (χ0) is 14.4. The molecule has 4 rings (SSSR count). The van der Waals surface area contributed by atoms with Gasteiger partial charge in [-0.25, -0.2) is 0 Å². The number of carbonyl (C=O) groups excluding carboxylic acids is 1. The molecule has 1 aromatic heterocycles. The molecular weight excluding hydrogens is 262 g/mol. The zero-order valence-corrected chi connectivity index (χ0v) is 11.5. The van der Waals surface area contributed by atoms with Gasteiger partial charge >= 0.3 is 0 Å². The summed E-state index contributed by atoms with van der Waals surface area (Å²) in [5, 5.41) is 8.03. The molecule has 1 amide bonds. The first kappa shape index (κ1) is 11.9. The molecule has 0 fully saturated rings. The van der Waals surface area contributed by atoms with Gasteiger partial charge in [0.15, 0.2) is 0 Å². The molecule has 3 aromatic rings. The topological polar surface area (TPSA) is 49.0 Å². The number of para-hydroxylation sites is 1. The van der Waals surface area contributed by atoms with E-state index in [-0.39, 0.29) is 5.91 Å². The van der Waals surface area contributed by atoms with Crippen LogP contribution in [-0.2, 0) is 4.79 Å². The van der Waals surface area contributed by atoms with Gasteiger partial charge in [-0.1, -0.05) is 30.3 Å². The van der Waals surface area contributed by atoms with Crippen molar-refractivity contribution in [3.05, 3.63) is 59.8 Å². The van der Waals surface area contributed by atoms with Crippen LogP contribution in [0, 0.1) is 0 Å². The molecule has 102 valence electrons. The van der Waals surface area contributed by atoms with E-state index < -0.39 is 0 Å². The van der Waals surface area contributed by atoms with E-state index in [1.165, 1.54) is 0 Å². The molecule has 21 heavy (non-hydrogen) atoms. The minimum Gasteiger partial charge on any atom is -0.311 e.